The van der Waals surface area contributed by atoms with Gasteiger partial charge in [0, 0.05) is 59.1 Å². The van der Waals surface area contributed by atoms with Crippen LogP contribution >= 0.6 is 34.5 Å². The Kier molecular flexibility index (Phi) is 11.5. The number of anilines is 1. The normalized spacial score (nSPS) is 22.7. The van der Waals surface area contributed by atoms with Crippen molar-refractivity contribution in [3.05, 3.63) is 63.7 Å². The molecule has 1 N–H and O–H groups in total. The predicted molar refractivity (Wildman–Crippen MR) is 188 cm³/mol. The van der Waals surface area contributed by atoms with Crippen molar-refractivity contribution in [2.24, 2.45) is 0 Å². The van der Waals surface area contributed by atoms with Gasteiger partial charge in [0.2, 0.25) is 5.91 Å². The van der Waals surface area contributed by atoms with Gasteiger partial charge in [0.25, 0.3) is 5.91 Å². The van der Waals surface area contributed by atoms with Gasteiger partial charge >= 0.3 is 0 Å². The number of benzene rings is 2. The lowest BCUT2D eigenvalue weighted by Crippen LogP contribution is -2.63. The first-order valence-electron chi connectivity index (χ1n) is 17.0. The fourth-order valence-corrected chi connectivity index (χ4v) is 8.86. The number of likely N-dealkylation sites (tertiary alicyclic amines) is 3. The molecule has 1 saturated carbocycles. The molecule has 0 bridgehead atoms. The molecular formula is C36H45Cl2FN4O2S. The summed E-state index contributed by atoms with van der Waals surface area (Å²) < 4.78 is 16.2. The number of halogens is 3. The molecule has 4 fully saturated rings. The standard InChI is InChI=1S/C30H33Cl2FN4O2S.C6H12/c31-14-20-12-21(36-15-22(16-36)35-8-4-1-5-9-35)17-37(20)29(38)11-19-10-25(32)27(13-26(19)33)34-30(39)24-18-40-28-7-3-2-6-23(24)28;1-2-4-6-5-3-1/h2-3,6-7,10,13,18,20-22H,1,4-5,8-9,11-12,14-17H2,(H,34,39);1-6H2. The Hall–Kier alpha value is -2.23. The van der Waals surface area contributed by atoms with E-state index in [1.54, 1.807) is 5.38 Å². The van der Waals surface area contributed by atoms with Gasteiger partial charge in [-0.15, -0.1) is 22.9 Å². The van der Waals surface area contributed by atoms with E-state index in [1.165, 1.54) is 94.3 Å². The molecule has 4 aliphatic rings. The van der Waals surface area contributed by atoms with Crippen LogP contribution in [0.25, 0.3) is 10.1 Å². The number of fused-ring (bicyclic) bond motifs is 1. The van der Waals surface area contributed by atoms with Crippen molar-refractivity contribution in [3.63, 3.8) is 0 Å². The monoisotopic (exact) mass is 686 g/mol. The second-order valence-electron chi connectivity index (χ2n) is 13.3. The maximum Gasteiger partial charge on any atom is 0.257 e. The molecule has 4 heterocycles. The summed E-state index contributed by atoms with van der Waals surface area (Å²) in [7, 11) is 0. The highest BCUT2D eigenvalue weighted by molar-refractivity contribution is 7.17. The summed E-state index contributed by atoms with van der Waals surface area (Å²) in [6.07, 6.45) is 13.6. The van der Waals surface area contributed by atoms with E-state index in [2.05, 4.69) is 15.1 Å². The van der Waals surface area contributed by atoms with Gasteiger partial charge in [-0.1, -0.05) is 74.7 Å². The number of thiophene rings is 1. The molecule has 3 aromatic rings. The van der Waals surface area contributed by atoms with Crippen LogP contribution in [0.5, 0.6) is 0 Å². The molecule has 0 spiro atoms. The van der Waals surface area contributed by atoms with E-state index in [-0.39, 0.29) is 46.6 Å². The number of amides is 2. The second kappa shape index (κ2) is 15.8. The molecule has 10 heteroatoms. The first kappa shape index (κ1) is 33.7. The first-order chi connectivity index (χ1) is 22.4. The van der Waals surface area contributed by atoms with Gasteiger partial charge in [-0.25, -0.2) is 4.39 Å². The molecule has 6 nitrogen and oxygen atoms in total. The number of rotatable bonds is 7. The highest BCUT2D eigenvalue weighted by atomic mass is 35.5. The summed E-state index contributed by atoms with van der Waals surface area (Å²) in [6.45, 7) is 5.08. The Morgan fingerprint density at radius 2 is 1.57 bits per heavy atom. The third-order valence-electron chi connectivity index (χ3n) is 10.2. The number of alkyl halides is 1. The average Bonchev–Trinajstić information content (AvgIpc) is 3.69. The first-order valence-corrected chi connectivity index (χ1v) is 18.8. The molecule has 0 radical (unpaired) electrons. The summed E-state index contributed by atoms with van der Waals surface area (Å²) in [5.74, 6) is -0.729. The molecule has 3 aliphatic heterocycles. The van der Waals surface area contributed by atoms with Crippen LogP contribution < -0.4 is 5.32 Å². The molecule has 1 aromatic heterocycles. The van der Waals surface area contributed by atoms with E-state index in [0.717, 1.165) is 29.6 Å². The molecule has 2 unspecified atom stereocenters. The number of hydrogen-bond acceptors (Lipinski definition) is 5. The lowest BCUT2D eigenvalue weighted by Gasteiger charge is -2.49. The zero-order valence-corrected chi connectivity index (χ0v) is 28.8. The van der Waals surface area contributed by atoms with E-state index in [4.69, 9.17) is 23.2 Å². The molecule has 1 aliphatic carbocycles. The van der Waals surface area contributed by atoms with Gasteiger partial charge in [0.15, 0.2) is 0 Å². The smallest absolute Gasteiger partial charge is 0.257 e. The van der Waals surface area contributed by atoms with E-state index >= 15 is 4.39 Å². The largest absolute Gasteiger partial charge is 0.337 e. The Labute approximate surface area is 286 Å². The van der Waals surface area contributed by atoms with Crippen LogP contribution in [-0.4, -0.2) is 83.2 Å². The zero-order valence-electron chi connectivity index (χ0n) is 26.5. The summed E-state index contributed by atoms with van der Waals surface area (Å²) in [4.78, 5) is 33.2. The minimum absolute atomic E-state index is 0.0641. The molecule has 2 amide bonds. The van der Waals surface area contributed by atoms with Gasteiger partial charge in [-0.3, -0.25) is 19.4 Å². The number of nitrogens with zero attached hydrogens (tertiary/aromatic N) is 3. The topological polar surface area (TPSA) is 55.9 Å². The Morgan fingerprint density at radius 3 is 2.26 bits per heavy atom. The third kappa shape index (κ3) is 7.90. The summed E-state index contributed by atoms with van der Waals surface area (Å²) in [5.41, 5.74) is 0.896. The van der Waals surface area contributed by atoms with Crippen molar-refractivity contribution in [2.45, 2.75) is 88.8 Å². The Morgan fingerprint density at radius 1 is 0.891 bits per heavy atom. The molecule has 2 aromatic carbocycles. The van der Waals surface area contributed by atoms with Crippen LogP contribution in [0, 0.1) is 5.82 Å². The molecule has 3 saturated heterocycles. The lowest BCUT2D eigenvalue weighted by molar-refractivity contribution is -0.131. The SMILES string of the molecule is C1CCCCC1.O=C(Nc1cc(F)c(CC(=O)N2CC(N3CC(N4CCCCC4)C3)CC2CCl)cc1Cl)c1csc2ccccc12. The van der Waals surface area contributed by atoms with Crippen molar-refractivity contribution in [1.82, 2.24) is 14.7 Å². The molecular weight excluding hydrogens is 642 g/mol. The van der Waals surface area contributed by atoms with Crippen molar-refractivity contribution < 1.29 is 14.0 Å². The molecule has 7 rings (SSSR count). The maximum absolute atomic E-state index is 15.2. The number of carbonyl (C=O) groups excluding carboxylic acids is 2. The molecule has 46 heavy (non-hydrogen) atoms. The van der Waals surface area contributed by atoms with Crippen LogP contribution in [-0.2, 0) is 11.2 Å². The Balaban J connectivity index is 0.000000557. The van der Waals surface area contributed by atoms with E-state index in [0.29, 0.717) is 24.0 Å². The van der Waals surface area contributed by atoms with Crippen LogP contribution in [0.4, 0.5) is 10.1 Å². The highest BCUT2D eigenvalue weighted by Crippen LogP contribution is 2.32. The summed E-state index contributed by atoms with van der Waals surface area (Å²) in [5, 5.41) is 5.53. The van der Waals surface area contributed by atoms with Crippen molar-refractivity contribution in [3.8, 4) is 0 Å². The fraction of sp³-hybridized carbons (Fsp3) is 0.556. The quantitative estimate of drug-likeness (QED) is 0.255. The maximum atomic E-state index is 15.2. The number of nitrogens with one attached hydrogen (secondary N) is 1. The number of hydrogen-bond donors (Lipinski definition) is 1. The highest BCUT2D eigenvalue weighted by Gasteiger charge is 2.43. The van der Waals surface area contributed by atoms with Crippen LogP contribution in [0.1, 0.15) is 80.1 Å². The van der Waals surface area contributed by atoms with Gasteiger partial charge in [-0.05, 0) is 56.1 Å². The average molecular weight is 688 g/mol. The van der Waals surface area contributed by atoms with Gasteiger partial charge in [-0.2, -0.15) is 0 Å². The van der Waals surface area contributed by atoms with E-state index in [1.807, 2.05) is 29.2 Å². The third-order valence-corrected chi connectivity index (χ3v) is 11.8. The van der Waals surface area contributed by atoms with Gasteiger partial charge in [0.1, 0.15) is 5.82 Å². The zero-order chi connectivity index (χ0) is 32.0. The number of carbonyl (C=O) groups is 2. The second-order valence-corrected chi connectivity index (χ2v) is 14.9. The van der Waals surface area contributed by atoms with Crippen molar-refractivity contribution in [1.29, 1.82) is 0 Å². The molecule has 248 valence electrons. The predicted octanol–water partition coefficient (Wildman–Crippen LogP) is 8.21. The van der Waals surface area contributed by atoms with Gasteiger partial charge in [0.05, 0.1) is 22.7 Å². The minimum Gasteiger partial charge on any atom is -0.337 e. The van der Waals surface area contributed by atoms with Crippen LogP contribution in [0.3, 0.4) is 0 Å². The fourth-order valence-electron chi connectivity index (χ4n) is 7.40. The number of piperidine rings is 1. The van der Waals surface area contributed by atoms with Crippen molar-refractivity contribution >= 4 is 62.1 Å². The Bertz CT molecular complexity index is 1490. The minimum atomic E-state index is -0.575. The summed E-state index contributed by atoms with van der Waals surface area (Å²) >= 11 is 14.2. The van der Waals surface area contributed by atoms with Crippen LogP contribution in [0.15, 0.2) is 41.8 Å². The van der Waals surface area contributed by atoms with Crippen molar-refractivity contribution in [2.75, 3.05) is 43.9 Å². The van der Waals surface area contributed by atoms with E-state index < -0.39 is 5.82 Å². The van der Waals surface area contributed by atoms with Crippen LogP contribution in [0.2, 0.25) is 5.02 Å². The van der Waals surface area contributed by atoms with Gasteiger partial charge < -0.3 is 10.2 Å². The van der Waals surface area contributed by atoms with E-state index in [9.17, 15) is 9.59 Å². The lowest BCUT2D eigenvalue weighted by atomic mass is 9.99. The molecule has 2 atom stereocenters. The summed E-state index contributed by atoms with van der Waals surface area (Å²) in [6, 6.07) is 11.1.